The number of benzene rings is 1. The van der Waals surface area contributed by atoms with E-state index in [1.807, 2.05) is 23.1 Å². The molecule has 2 fully saturated rings. The zero-order valence-corrected chi connectivity index (χ0v) is 18.2. The van der Waals surface area contributed by atoms with Crippen molar-refractivity contribution < 1.29 is 14.1 Å². The van der Waals surface area contributed by atoms with Gasteiger partial charge in [-0.2, -0.15) is 0 Å². The van der Waals surface area contributed by atoms with Crippen LogP contribution in [0.5, 0.6) is 0 Å². The van der Waals surface area contributed by atoms with Crippen LogP contribution in [-0.2, 0) is 16.1 Å². The summed E-state index contributed by atoms with van der Waals surface area (Å²) in [5.41, 5.74) is 2.91. The number of anilines is 1. The molecule has 1 atom stereocenters. The molecule has 1 saturated carbocycles. The van der Waals surface area contributed by atoms with Gasteiger partial charge in [0.25, 0.3) is 0 Å². The van der Waals surface area contributed by atoms with E-state index in [2.05, 4.69) is 29.1 Å². The second-order valence-electron chi connectivity index (χ2n) is 8.60. The molecule has 0 N–H and O–H groups in total. The van der Waals surface area contributed by atoms with Crippen LogP contribution in [0.15, 0.2) is 34.9 Å². The van der Waals surface area contributed by atoms with Crippen molar-refractivity contribution in [2.75, 3.05) is 31.7 Å². The van der Waals surface area contributed by atoms with Gasteiger partial charge in [0.2, 0.25) is 11.8 Å². The van der Waals surface area contributed by atoms with E-state index in [1.54, 1.807) is 7.11 Å². The number of methoxy groups -OCH3 is 1. The third-order valence-electron chi connectivity index (χ3n) is 6.24. The van der Waals surface area contributed by atoms with E-state index in [4.69, 9.17) is 9.26 Å². The molecule has 0 bridgehead atoms. The fraction of sp³-hybridized carbons (Fsp3) is 0.583. The molecule has 6 nitrogen and oxygen atoms in total. The van der Waals surface area contributed by atoms with Crippen LogP contribution in [0.2, 0.25) is 0 Å². The molecule has 162 valence electrons. The molecule has 1 aromatic heterocycles. The summed E-state index contributed by atoms with van der Waals surface area (Å²) in [7, 11) is 1.70. The van der Waals surface area contributed by atoms with E-state index in [9.17, 15) is 4.79 Å². The molecular formula is C24H33N3O3. The number of carbonyl (C=O) groups excluding carboxylic acids is 1. The highest BCUT2D eigenvalue weighted by atomic mass is 16.5. The van der Waals surface area contributed by atoms with Gasteiger partial charge < -0.3 is 19.1 Å². The quantitative estimate of drug-likeness (QED) is 0.569. The van der Waals surface area contributed by atoms with Crippen LogP contribution in [0.25, 0.3) is 11.3 Å². The van der Waals surface area contributed by atoms with Gasteiger partial charge in [-0.3, -0.25) is 4.79 Å². The molecule has 0 spiro atoms. The first kappa shape index (κ1) is 20.9. The summed E-state index contributed by atoms with van der Waals surface area (Å²) in [5.74, 6) is 1.27. The van der Waals surface area contributed by atoms with Crippen LogP contribution >= 0.6 is 0 Å². The zero-order valence-electron chi connectivity index (χ0n) is 18.2. The van der Waals surface area contributed by atoms with Crippen LogP contribution < -0.4 is 4.90 Å². The van der Waals surface area contributed by atoms with Crippen LogP contribution in [0, 0.1) is 5.92 Å². The minimum Gasteiger partial charge on any atom is -0.385 e. The molecule has 2 aliphatic rings. The average molecular weight is 412 g/mol. The molecule has 2 aromatic rings. The number of hydrogen-bond acceptors (Lipinski definition) is 5. The molecule has 1 amide bonds. The lowest BCUT2D eigenvalue weighted by atomic mass is 10.0. The summed E-state index contributed by atoms with van der Waals surface area (Å²) in [6, 6.07) is 10.6. The van der Waals surface area contributed by atoms with Crippen LogP contribution in [-0.4, -0.2) is 48.8 Å². The topological polar surface area (TPSA) is 58.8 Å². The van der Waals surface area contributed by atoms with E-state index in [0.29, 0.717) is 25.7 Å². The number of ether oxygens (including phenoxy) is 1. The van der Waals surface area contributed by atoms with Gasteiger partial charge in [0.05, 0.1) is 12.1 Å². The summed E-state index contributed by atoms with van der Waals surface area (Å²) in [5, 5.41) is 4.49. The first-order chi connectivity index (χ1) is 14.7. The van der Waals surface area contributed by atoms with E-state index in [0.717, 1.165) is 61.4 Å². The number of piperidine rings is 1. The number of carbonyl (C=O) groups is 1. The van der Waals surface area contributed by atoms with Gasteiger partial charge in [-0.1, -0.05) is 35.5 Å². The van der Waals surface area contributed by atoms with Crippen molar-refractivity contribution in [2.24, 2.45) is 5.92 Å². The van der Waals surface area contributed by atoms with Crippen molar-refractivity contribution in [3.8, 4) is 11.3 Å². The lowest BCUT2D eigenvalue weighted by molar-refractivity contribution is -0.133. The molecule has 1 aromatic carbocycles. The van der Waals surface area contributed by atoms with Gasteiger partial charge in [-0.25, -0.2) is 0 Å². The van der Waals surface area contributed by atoms with Crippen molar-refractivity contribution in [1.82, 2.24) is 10.1 Å². The minimum atomic E-state index is 0.185. The lowest BCUT2D eigenvalue weighted by Gasteiger charge is -2.34. The van der Waals surface area contributed by atoms with E-state index < -0.39 is 0 Å². The maximum atomic E-state index is 13.0. The Morgan fingerprint density at radius 3 is 2.73 bits per heavy atom. The normalized spacial score (nSPS) is 19.1. The molecule has 30 heavy (non-hydrogen) atoms. The first-order valence-corrected chi connectivity index (χ1v) is 11.3. The summed E-state index contributed by atoms with van der Waals surface area (Å²) in [6.45, 7) is 5.10. The second kappa shape index (κ2) is 9.65. The zero-order chi connectivity index (χ0) is 20.9. The molecule has 1 saturated heterocycles. The van der Waals surface area contributed by atoms with Crippen LogP contribution in [0.1, 0.15) is 51.0 Å². The molecule has 2 heterocycles. The Labute approximate surface area is 179 Å². The van der Waals surface area contributed by atoms with Crippen molar-refractivity contribution in [3.05, 3.63) is 35.9 Å². The van der Waals surface area contributed by atoms with Crippen LogP contribution in [0.3, 0.4) is 0 Å². The van der Waals surface area contributed by atoms with Crippen molar-refractivity contribution in [1.29, 1.82) is 0 Å². The van der Waals surface area contributed by atoms with E-state index >= 15 is 0 Å². The highest BCUT2D eigenvalue weighted by Crippen LogP contribution is 2.37. The van der Waals surface area contributed by atoms with Crippen LogP contribution in [0.4, 0.5) is 5.88 Å². The lowest BCUT2D eigenvalue weighted by Crippen LogP contribution is -2.39. The second-order valence-corrected chi connectivity index (χ2v) is 8.60. The summed E-state index contributed by atoms with van der Waals surface area (Å²) in [6.07, 6.45) is 6.39. The third-order valence-corrected chi connectivity index (χ3v) is 6.24. The van der Waals surface area contributed by atoms with Gasteiger partial charge in [-0.05, 0) is 45.4 Å². The number of aromatic nitrogens is 1. The van der Waals surface area contributed by atoms with E-state index in [1.165, 1.54) is 6.42 Å². The maximum absolute atomic E-state index is 13.0. The first-order valence-electron chi connectivity index (χ1n) is 11.3. The molecule has 6 heteroatoms. The molecule has 4 rings (SSSR count). The largest absolute Gasteiger partial charge is 0.385 e. The third kappa shape index (κ3) is 4.69. The SMILES string of the molecule is COCCCN(Cc1c(-c2ccccc2)noc1N1CCCCC1C)C(=O)C1CC1. The number of amides is 1. The molecule has 1 aliphatic heterocycles. The van der Waals surface area contributed by atoms with Crippen molar-refractivity contribution >= 4 is 11.8 Å². The van der Waals surface area contributed by atoms with Gasteiger partial charge in [-0.15, -0.1) is 0 Å². The Morgan fingerprint density at radius 2 is 2.03 bits per heavy atom. The summed E-state index contributed by atoms with van der Waals surface area (Å²) < 4.78 is 11.2. The highest BCUT2D eigenvalue weighted by molar-refractivity contribution is 5.81. The Morgan fingerprint density at radius 1 is 1.23 bits per heavy atom. The molecule has 1 aliphatic carbocycles. The summed E-state index contributed by atoms with van der Waals surface area (Å²) >= 11 is 0. The fourth-order valence-electron chi connectivity index (χ4n) is 4.34. The van der Waals surface area contributed by atoms with Gasteiger partial charge in [0.15, 0.2) is 0 Å². The number of nitrogens with zero attached hydrogens (tertiary/aromatic N) is 3. The Kier molecular flexibility index (Phi) is 6.72. The molecular weight excluding hydrogens is 378 g/mol. The average Bonchev–Trinajstić information content (AvgIpc) is 3.54. The Balaban J connectivity index is 1.67. The predicted molar refractivity (Wildman–Crippen MR) is 117 cm³/mol. The van der Waals surface area contributed by atoms with Gasteiger partial charge in [0, 0.05) is 44.3 Å². The monoisotopic (exact) mass is 411 g/mol. The maximum Gasteiger partial charge on any atom is 0.233 e. The standard InChI is InChI=1S/C24H33N3O3/c1-18-9-6-7-15-27(18)24-21(22(25-30-24)19-10-4-3-5-11-19)17-26(14-8-16-29-2)23(28)20-12-13-20/h3-5,10-11,18,20H,6-9,12-17H2,1-2H3. The summed E-state index contributed by atoms with van der Waals surface area (Å²) in [4.78, 5) is 17.4. The fourth-order valence-corrected chi connectivity index (χ4v) is 4.34. The van der Waals surface area contributed by atoms with Gasteiger partial charge in [0.1, 0.15) is 5.69 Å². The minimum absolute atomic E-state index is 0.185. The highest BCUT2D eigenvalue weighted by Gasteiger charge is 2.35. The molecule has 0 radical (unpaired) electrons. The van der Waals surface area contributed by atoms with Crippen molar-refractivity contribution in [3.63, 3.8) is 0 Å². The van der Waals surface area contributed by atoms with E-state index in [-0.39, 0.29) is 11.8 Å². The predicted octanol–water partition coefficient (Wildman–Crippen LogP) is 4.50. The molecule has 1 unspecified atom stereocenters. The number of rotatable bonds is 9. The Bertz CT molecular complexity index is 831. The van der Waals surface area contributed by atoms with Crippen molar-refractivity contribution in [2.45, 2.75) is 58.0 Å². The smallest absolute Gasteiger partial charge is 0.233 e. The van der Waals surface area contributed by atoms with Gasteiger partial charge >= 0.3 is 0 Å². The number of hydrogen-bond donors (Lipinski definition) is 0. The Hall–Kier alpha value is -2.34.